The van der Waals surface area contributed by atoms with Crippen LogP contribution in [0.1, 0.15) is 35.4 Å². The summed E-state index contributed by atoms with van der Waals surface area (Å²) in [5.74, 6) is -4.29. The fraction of sp³-hybridized carbons (Fsp3) is 0.289. The standard InChI is InChI=1S/C45H40N2O7/c1-53-31-16-19-38(48)36(24-31)41-32-17-18-33-40(44(52)47(43(33)51)30-14-12-29(13-15-30)46-20-22-54-23-21-46)35(32)25-37-42(50)34(27-8-4-2-5-9-27)26-39(49)45(37,41)28-10-6-3-7-11-28/h2-17,19,24,26,33,35,37,40-41,48H,18,20-23,25H2,1H3/t33-,35+,37-,40-,41+,45-/m0/s1. The number of Topliss-reactive ketones (excluding diaryl/α,β-unsaturated/α-hetero) is 1. The number of ketones is 2. The Kier molecular flexibility index (Phi) is 8.34. The van der Waals surface area contributed by atoms with Gasteiger partial charge in [-0.25, -0.2) is 0 Å². The topological polar surface area (TPSA) is 113 Å². The molecule has 1 saturated carbocycles. The molecule has 4 aromatic carbocycles. The van der Waals surface area contributed by atoms with Crippen LogP contribution in [0.15, 0.2) is 121 Å². The minimum Gasteiger partial charge on any atom is -0.508 e. The molecule has 2 amide bonds. The Labute approximate surface area is 313 Å². The third-order valence-corrected chi connectivity index (χ3v) is 12.4. The molecule has 3 aliphatic carbocycles. The fourth-order valence-electron chi connectivity index (χ4n) is 10.00. The van der Waals surface area contributed by atoms with Crippen molar-refractivity contribution in [3.05, 3.63) is 138 Å². The van der Waals surface area contributed by atoms with Crippen molar-refractivity contribution < 1.29 is 33.8 Å². The highest BCUT2D eigenvalue weighted by atomic mass is 16.5. The highest BCUT2D eigenvalue weighted by Crippen LogP contribution is 2.64. The van der Waals surface area contributed by atoms with Crippen LogP contribution in [-0.2, 0) is 29.3 Å². The molecule has 9 heteroatoms. The van der Waals surface area contributed by atoms with Crippen LogP contribution in [0.2, 0.25) is 0 Å². The van der Waals surface area contributed by atoms with Crippen molar-refractivity contribution in [3.8, 4) is 11.5 Å². The summed E-state index contributed by atoms with van der Waals surface area (Å²) >= 11 is 0. The first kappa shape index (κ1) is 34.0. The van der Waals surface area contributed by atoms with Crippen LogP contribution >= 0.6 is 0 Å². The number of hydrogen-bond donors (Lipinski definition) is 1. The van der Waals surface area contributed by atoms with Gasteiger partial charge in [0.05, 0.1) is 43.3 Å². The maximum Gasteiger partial charge on any atom is 0.238 e. The second-order valence-corrected chi connectivity index (χ2v) is 14.8. The number of carbonyl (C=O) groups is 4. The Morgan fingerprint density at radius 2 is 1.48 bits per heavy atom. The number of benzene rings is 4. The van der Waals surface area contributed by atoms with E-state index in [1.54, 1.807) is 18.2 Å². The van der Waals surface area contributed by atoms with Gasteiger partial charge in [-0.15, -0.1) is 0 Å². The van der Waals surface area contributed by atoms with Gasteiger partial charge in [0.15, 0.2) is 11.6 Å². The second kappa shape index (κ2) is 13.2. The molecular formula is C45H40N2O7. The van der Waals surface area contributed by atoms with Crippen molar-refractivity contribution in [2.45, 2.75) is 24.2 Å². The first-order valence-corrected chi connectivity index (χ1v) is 18.6. The van der Waals surface area contributed by atoms with E-state index < -0.39 is 35.0 Å². The zero-order valence-corrected chi connectivity index (χ0v) is 29.9. The Morgan fingerprint density at radius 1 is 0.796 bits per heavy atom. The number of carbonyl (C=O) groups excluding carboxylic acids is 4. The number of phenols is 1. The van der Waals surface area contributed by atoms with Gasteiger partial charge < -0.3 is 19.5 Å². The Balaban J connectivity index is 1.20. The second-order valence-electron chi connectivity index (χ2n) is 14.8. The third-order valence-electron chi connectivity index (χ3n) is 12.4. The third kappa shape index (κ3) is 5.09. The van der Waals surface area contributed by atoms with Crippen molar-refractivity contribution in [1.29, 1.82) is 0 Å². The fourth-order valence-corrected chi connectivity index (χ4v) is 10.00. The summed E-state index contributed by atoms with van der Waals surface area (Å²) in [4.78, 5) is 62.9. The van der Waals surface area contributed by atoms with Crippen molar-refractivity contribution in [2.75, 3.05) is 43.2 Å². The lowest BCUT2D eigenvalue weighted by Gasteiger charge is -2.55. The predicted molar refractivity (Wildman–Crippen MR) is 203 cm³/mol. The van der Waals surface area contributed by atoms with Crippen LogP contribution in [0.5, 0.6) is 11.5 Å². The Hall–Kier alpha value is -5.80. The monoisotopic (exact) mass is 720 g/mol. The van der Waals surface area contributed by atoms with E-state index in [1.165, 1.54) is 18.1 Å². The molecule has 272 valence electrons. The molecule has 5 aliphatic rings. The number of nitrogens with zero attached hydrogens (tertiary/aromatic N) is 2. The SMILES string of the molecule is COc1ccc(O)c([C@H]2C3=CC[C@@H]4C(=O)N(c5ccc(N6CCOCC6)cc5)C(=O)[C@@H]4[C@@H]3C[C@H]3C(=O)C(c4ccccc4)=CC(=O)[C@@]23c2ccccc2)c1. The van der Waals surface area contributed by atoms with E-state index in [1.807, 2.05) is 91.0 Å². The highest BCUT2D eigenvalue weighted by Gasteiger charge is 2.66. The van der Waals surface area contributed by atoms with Crippen LogP contribution < -0.4 is 14.5 Å². The molecule has 9 rings (SSSR count). The Bertz CT molecular complexity index is 2230. The van der Waals surface area contributed by atoms with Gasteiger partial charge in [0.25, 0.3) is 0 Å². The predicted octanol–water partition coefficient (Wildman–Crippen LogP) is 6.27. The van der Waals surface area contributed by atoms with Gasteiger partial charge >= 0.3 is 0 Å². The highest BCUT2D eigenvalue weighted by molar-refractivity contribution is 6.32. The maximum atomic E-state index is 15.2. The molecule has 4 aromatic rings. The number of aromatic hydroxyl groups is 1. The molecule has 0 radical (unpaired) electrons. The van der Waals surface area contributed by atoms with E-state index in [-0.39, 0.29) is 42.0 Å². The molecule has 1 N–H and O–H groups in total. The molecule has 0 spiro atoms. The minimum atomic E-state index is -1.45. The van der Waals surface area contributed by atoms with Gasteiger partial charge in [-0.1, -0.05) is 72.3 Å². The lowest BCUT2D eigenvalue weighted by atomic mass is 9.44. The molecule has 3 fully saturated rings. The maximum absolute atomic E-state index is 15.2. The van der Waals surface area contributed by atoms with Crippen molar-refractivity contribution in [1.82, 2.24) is 0 Å². The number of amides is 2. The molecule has 2 aliphatic heterocycles. The molecule has 0 bridgehead atoms. The average Bonchev–Trinajstić information content (AvgIpc) is 3.48. The van der Waals surface area contributed by atoms with Crippen LogP contribution in [0.3, 0.4) is 0 Å². The number of rotatable bonds is 6. The van der Waals surface area contributed by atoms with Gasteiger partial charge in [0.1, 0.15) is 11.5 Å². The summed E-state index contributed by atoms with van der Waals surface area (Å²) in [6.45, 7) is 2.81. The van der Waals surface area contributed by atoms with Crippen molar-refractivity contribution >= 4 is 40.3 Å². The van der Waals surface area contributed by atoms with E-state index >= 15 is 9.59 Å². The quantitative estimate of drug-likeness (QED) is 0.183. The lowest BCUT2D eigenvalue weighted by molar-refractivity contribution is -0.135. The van der Waals surface area contributed by atoms with E-state index in [2.05, 4.69) is 4.90 Å². The zero-order chi connectivity index (χ0) is 37.1. The molecule has 54 heavy (non-hydrogen) atoms. The summed E-state index contributed by atoms with van der Waals surface area (Å²) in [5.41, 5.74) is 2.88. The summed E-state index contributed by atoms with van der Waals surface area (Å²) in [7, 11) is 1.54. The molecule has 9 nitrogen and oxygen atoms in total. The minimum absolute atomic E-state index is 0.0487. The number of allylic oxidation sites excluding steroid dienone is 4. The van der Waals surface area contributed by atoms with Gasteiger partial charge in [-0.05, 0) is 78.4 Å². The van der Waals surface area contributed by atoms with Gasteiger partial charge in [0, 0.05) is 41.7 Å². The van der Waals surface area contributed by atoms with Crippen molar-refractivity contribution in [3.63, 3.8) is 0 Å². The van der Waals surface area contributed by atoms with E-state index in [0.717, 1.165) is 24.4 Å². The first-order chi connectivity index (χ1) is 26.3. The van der Waals surface area contributed by atoms with Gasteiger partial charge in [0.2, 0.25) is 11.8 Å². The molecule has 0 unspecified atom stereocenters. The summed E-state index contributed by atoms with van der Waals surface area (Å²) in [6, 6.07) is 31.0. The van der Waals surface area contributed by atoms with E-state index in [0.29, 0.717) is 46.9 Å². The van der Waals surface area contributed by atoms with Crippen LogP contribution in [0.25, 0.3) is 5.57 Å². The molecule has 0 aromatic heterocycles. The Morgan fingerprint density at radius 3 is 2.19 bits per heavy atom. The van der Waals surface area contributed by atoms with Crippen LogP contribution in [0, 0.1) is 23.7 Å². The van der Waals surface area contributed by atoms with Crippen molar-refractivity contribution in [2.24, 2.45) is 23.7 Å². The van der Waals surface area contributed by atoms with Gasteiger partial charge in [-0.3, -0.25) is 24.1 Å². The van der Waals surface area contributed by atoms with Gasteiger partial charge in [-0.2, -0.15) is 0 Å². The van der Waals surface area contributed by atoms with Crippen LogP contribution in [-0.4, -0.2) is 61.9 Å². The number of phenolic OH excluding ortho intramolecular Hbond substituents is 1. The zero-order valence-electron chi connectivity index (χ0n) is 29.9. The first-order valence-electron chi connectivity index (χ1n) is 18.6. The number of hydrogen-bond acceptors (Lipinski definition) is 8. The molecule has 6 atom stereocenters. The number of fused-ring (bicyclic) bond motifs is 4. The molecule has 2 heterocycles. The number of anilines is 2. The van der Waals surface area contributed by atoms with E-state index in [4.69, 9.17) is 9.47 Å². The molecule has 2 saturated heterocycles. The number of imide groups is 1. The normalized spacial score (nSPS) is 27.8. The van der Waals surface area contributed by atoms with E-state index in [9.17, 15) is 14.7 Å². The molecular weight excluding hydrogens is 681 g/mol. The summed E-state index contributed by atoms with van der Waals surface area (Å²) in [5, 5.41) is 11.7. The lowest BCUT2D eigenvalue weighted by Crippen LogP contribution is -2.58. The summed E-state index contributed by atoms with van der Waals surface area (Å²) < 4.78 is 11.1. The number of ether oxygens (including phenoxy) is 2. The summed E-state index contributed by atoms with van der Waals surface area (Å²) in [6.07, 6.45) is 3.94. The number of morpholine rings is 1. The van der Waals surface area contributed by atoms with Crippen LogP contribution in [0.4, 0.5) is 11.4 Å². The number of methoxy groups -OCH3 is 1. The smallest absolute Gasteiger partial charge is 0.238 e. The average molecular weight is 721 g/mol. The largest absolute Gasteiger partial charge is 0.508 e.